The van der Waals surface area contributed by atoms with E-state index in [1.807, 2.05) is 68.4 Å². The van der Waals surface area contributed by atoms with Crippen LogP contribution >= 0.6 is 0 Å². The monoisotopic (exact) mass is 319 g/mol. The number of rotatable bonds is 4. The van der Waals surface area contributed by atoms with Crippen LogP contribution < -0.4 is 0 Å². The molecule has 0 radical (unpaired) electrons. The lowest BCUT2D eigenvalue weighted by atomic mass is 10.0. The number of aromatic nitrogens is 1. The lowest BCUT2D eigenvalue weighted by Gasteiger charge is -2.15. The Kier molecular flexibility index (Phi) is 4.74. The summed E-state index contributed by atoms with van der Waals surface area (Å²) in [7, 11) is 0. The van der Waals surface area contributed by atoms with E-state index in [0.717, 1.165) is 22.3 Å². The molecule has 2 unspecified atom stereocenters. The van der Waals surface area contributed by atoms with E-state index < -0.39 is 12.2 Å². The van der Waals surface area contributed by atoms with E-state index in [2.05, 4.69) is 4.98 Å². The van der Waals surface area contributed by atoms with E-state index in [4.69, 9.17) is 0 Å². The zero-order valence-corrected chi connectivity index (χ0v) is 13.8. The first-order valence-corrected chi connectivity index (χ1v) is 8.01. The van der Waals surface area contributed by atoms with E-state index in [1.165, 1.54) is 0 Å². The average Bonchev–Trinajstić information content (AvgIpc) is 2.60. The maximum Gasteiger partial charge on any atom is 0.121 e. The van der Waals surface area contributed by atoms with Gasteiger partial charge in [-0.15, -0.1) is 0 Å². The average molecular weight is 319 g/mol. The molecule has 2 atom stereocenters. The second-order valence-corrected chi connectivity index (χ2v) is 6.12. The van der Waals surface area contributed by atoms with Crippen molar-refractivity contribution in [3.05, 3.63) is 100 Å². The topological polar surface area (TPSA) is 53.4 Å². The van der Waals surface area contributed by atoms with Crippen molar-refractivity contribution in [2.45, 2.75) is 26.1 Å². The molecule has 122 valence electrons. The molecule has 0 saturated carbocycles. The quantitative estimate of drug-likeness (QED) is 0.768. The van der Waals surface area contributed by atoms with Gasteiger partial charge in [0.25, 0.3) is 0 Å². The zero-order valence-electron chi connectivity index (χ0n) is 13.8. The van der Waals surface area contributed by atoms with Crippen LogP contribution in [0.25, 0.3) is 0 Å². The number of benzene rings is 2. The van der Waals surface area contributed by atoms with Gasteiger partial charge in [0.1, 0.15) is 12.2 Å². The Morgan fingerprint density at radius 3 is 1.50 bits per heavy atom. The van der Waals surface area contributed by atoms with Gasteiger partial charge < -0.3 is 10.2 Å². The van der Waals surface area contributed by atoms with Crippen LogP contribution in [0.5, 0.6) is 0 Å². The lowest BCUT2D eigenvalue weighted by Crippen LogP contribution is -2.08. The van der Waals surface area contributed by atoms with Crippen LogP contribution in [-0.2, 0) is 0 Å². The summed E-state index contributed by atoms with van der Waals surface area (Å²) in [6.07, 6.45) is -1.62. The van der Waals surface area contributed by atoms with Gasteiger partial charge in [0.2, 0.25) is 0 Å². The normalized spacial score (nSPS) is 13.5. The molecule has 3 rings (SSSR count). The number of hydrogen-bond acceptors (Lipinski definition) is 3. The van der Waals surface area contributed by atoms with Crippen molar-refractivity contribution in [3.8, 4) is 0 Å². The highest BCUT2D eigenvalue weighted by Gasteiger charge is 2.16. The third kappa shape index (κ3) is 3.53. The number of aryl methyl sites for hydroxylation is 2. The van der Waals surface area contributed by atoms with Crippen molar-refractivity contribution in [2.24, 2.45) is 0 Å². The van der Waals surface area contributed by atoms with Gasteiger partial charge >= 0.3 is 0 Å². The van der Waals surface area contributed by atoms with Crippen LogP contribution in [0.15, 0.2) is 66.7 Å². The second kappa shape index (κ2) is 6.95. The van der Waals surface area contributed by atoms with Gasteiger partial charge in [-0.25, -0.2) is 0 Å². The van der Waals surface area contributed by atoms with Crippen LogP contribution in [0.2, 0.25) is 0 Å². The molecule has 0 bridgehead atoms. The first-order chi connectivity index (χ1) is 11.5. The van der Waals surface area contributed by atoms with Crippen molar-refractivity contribution in [2.75, 3.05) is 0 Å². The summed E-state index contributed by atoms with van der Waals surface area (Å²) >= 11 is 0. The zero-order chi connectivity index (χ0) is 17.1. The predicted octanol–water partition coefficient (Wildman–Crippen LogP) is 3.86. The second-order valence-electron chi connectivity index (χ2n) is 6.12. The van der Waals surface area contributed by atoms with E-state index in [1.54, 1.807) is 12.1 Å². The highest BCUT2D eigenvalue weighted by molar-refractivity contribution is 5.33. The molecule has 3 aromatic rings. The van der Waals surface area contributed by atoms with Gasteiger partial charge in [-0.1, -0.05) is 65.7 Å². The summed E-state index contributed by atoms with van der Waals surface area (Å²) in [4.78, 5) is 4.48. The van der Waals surface area contributed by atoms with Crippen LogP contribution in [-0.4, -0.2) is 15.2 Å². The molecular weight excluding hydrogens is 298 g/mol. The highest BCUT2D eigenvalue weighted by Crippen LogP contribution is 2.25. The third-order valence-electron chi connectivity index (χ3n) is 4.07. The summed E-state index contributed by atoms with van der Waals surface area (Å²) in [5.41, 5.74) is 4.83. The minimum atomic E-state index is -0.811. The standard InChI is InChI=1S/C21H21NO2/c1-14-6-3-8-16(12-14)20(23)18-10-5-11-19(22-18)21(24)17-9-4-7-15(2)13-17/h3-13,20-21,23-24H,1-2H3. The molecule has 2 N–H and O–H groups in total. The Hall–Kier alpha value is -2.49. The van der Waals surface area contributed by atoms with Crippen molar-refractivity contribution in [1.82, 2.24) is 4.98 Å². The summed E-state index contributed by atoms with van der Waals surface area (Å²) < 4.78 is 0. The molecule has 0 amide bonds. The molecule has 1 heterocycles. The Morgan fingerprint density at radius 2 is 1.08 bits per heavy atom. The van der Waals surface area contributed by atoms with Crippen molar-refractivity contribution in [3.63, 3.8) is 0 Å². The Labute approximate surface area is 142 Å². The Morgan fingerprint density at radius 1 is 0.667 bits per heavy atom. The molecule has 3 nitrogen and oxygen atoms in total. The fourth-order valence-electron chi connectivity index (χ4n) is 2.80. The van der Waals surface area contributed by atoms with E-state index >= 15 is 0 Å². The summed E-state index contributed by atoms with van der Waals surface area (Å²) in [6.45, 7) is 3.98. The fraction of sp³-hybridized carbons (Fsp3) is 0.190. The van der Waals surface area contributed by atoms with Crippen LogP contribution in [0, 0.1) is 13.8 Å². The molecule has 0 fully saturated rings. The molecule has 0 spiro atoms. The summed E-state index contributed by atoms with van der Waals surface area (Å²) in [5, 5.41) is 21.2. The smallest absolute Gasteiger partial charge is 0.121 e. The molecular formula is C21H21NO2. The van der Waals surface area contributed by atoms with Gasteiger partial charge in [-0.05, 0) is 37.1 Å². The molecule has 0 aliphatic rings. The largest absolute Gasteiger partial charge is 0.382 e. The predicted molar refractivity (Wildman–Crippen MR) is 94.7 cm³/mol. The summed E-state index contributed by atoms with van der Waals surface area (Å²) in [5.74, 6) is 0. The number of hydrogen-bond donors (Lipinski definition) is 2. The van der Waals surface area contributed by atoms with E-state index in [9.17, 15) is 10.2 Å². The number of aliphatic hydroxyl groups is 2. The van der Waals surface area contributed by atoms with Crippen LogP contribution in [0.4, 0.5) is 0 Å². The van der Waals surface area contributed by atoms with E-state index in [0.29, 0.717) is 11.4 Å². The third-order valence-corrected chi connectivity index (χ3v) is 4.07. The molecule has 3 heteroatoms. The van der Waals surface area contributed by atoms with Crippen molar-refractivity contribution < 1.29 is 10.2 Å². The van der Waals surface area contributed by atoms with Gasteiger partial charge in [-0.3, -0.25) is 4.98 Å². The maximum atomic E-state index is 10.6. The lowest BCUT2D eigenvalue weighted by molar-refractivity contribution is 0.204. The van der Waals surface area contributed by atoms with Gasteiger partial charge in [-0.2, -0.15) is 0 Å². The minimum absolute atomic E-state index is 0.532. The van der Waals surface area contributed by atoms with Crippen LogP contribution in [0.3, 0.4) is 0 Å². The minimum Gasteiger partial charge on any atom is -0.382 e. The Balaban J connectivity index is 1.91. The molecule has 0 aliphatic carbocycles. The van der Waals surface area contributed by atoms with Crippen molar-refractivity contribution in [1.29, 1.82) is 0 Å². The SMILES string of the molecule is Cc1cccc(C(O)c2cccc(C(O)c3cccc(C)c3)n2)c1. The molecule has 24 heavy (non-hydrogen) atoms. The molecule has 1 aromatic heterocycles. The number of aliphatic hydroxyl groups excluding tert-OH is 2. The first-order valence-electron chi connectivity index (χ1n) is 8.01. The van der Waals surface area contributed by atoms with Gasteiger partial charge in [0.05, 0.1) is 11.4 Å². The maximum absolute atomic E-state index is 10.6. The Bertz CT molecular complexity index is 778. The first kappa shape index (κ1) is 16.4. The number of nitrogens with zero attached hydrogens (tertiary/aromatic N) is 1. The van der Waals surface area contributed by atoms with E-state index in [-0.39, 0.29) is 0 Å². The molecule has 2 aromatic carbocycles. The number of pyridine rings is 1. The molecule has 0 aliphatic heterocycles. The highest BCUT2D eigenvalue weighted by atomic mass is 16.3. The molecule has 0 saturated heterocycles. The van der Waals surface area contributed by atoms with Gasteiger partial charge in [0.15, 0.2) is 0 Å². The fourth-order valence-corrected chi connectivity index (χ4v) is 2.80. The summed E-state index contributed by atoms with van der Waals surface area (Å²) in [6, 6.07) is 20.8. The van der Waals surface area contributed by atoms with Crippen LogP contribution in [0.1, 0.15) is 45.8 Å². The van der Waals surface area contributed by atoms with Gasteiger partial charge in [0, 0.05) is 0 Å². The van der Waals surface area contributed by atoms with Crippen molar-refractivity contribution >= 4 is 0 Å².